The number of amides is 1. The number of halogens is 3. The molecule has 2 atom stereocenters. The number of methoxy groups -OCH3 is 1. The average Bonchev–Trinajstić information content (AvgIpc) is 2.53. The molecule has 0 bridgehead atoms. The summed E-state index contributed by atoms with van der Waals surface area (Å²) in [5, 5.41) is 2.75. The van der Waals surface area contributed by atoms with Gasteiger partial charge < -0.3 is 20.5 Å². The monoisotopic (exact) mass is 366 g/mol. The van der Waals surface area contributed by atoms with Crippen LogP contribution in [0, 0.1) is 5.92 Å². The van der Waals surface area contributed by atoms with Gasteiger partial charge >= 0.3 is 6.61 Å². The fourth-order valence-electron chi connectivity index (χ4n) is 2.02. The van der Waals surface area contributed by atoms with E-state index in [0.717, 1.165) is 12.0 Å². The van der Waals surface area contributed by atoms with Gasteiger partial charge in [-0.2, -0.15) is 8.78 Å². The van der Waals surface area contributed by atoms with Crippen LogP contribution in [0.3, 0.4) is 0 Å². The smallest absolute Gasteiger partial charge is 0.387 e. The Labute approximate surface area is 147 Å². The minimum atomic E-state index is -2.92. The summed E-state index contributed by atoms with van der Waals surface area (Å²) in [5.41, 5.74) is 6.58. The highest BCUT2D eigenvalue weighted by Crippen LogP contribution is 2.29. The summed E-state index contributed by atoms with van der Waals surface area (Å²) in [5.74, 6) is 0.0958. The van der Waals surface area contributed by atoms with E-state index < -0.39 is 12.7 Å². The maximum atomic E-state index is 12.4. The molecule has 1 rings (SSSR count). The molecule has 2 unspecified atom stereocenters. The van der Waals surface area contributed by atoms with Gasteiger partial charge in [0.25, 0.3) is 0 Å². The summed E-state index contributed by atoms with van der Waals surface area (Å²) in [6.45, 7) is 1.33. The summed E-state index contributed by atoms with van der Waals surface area (Å²) in [4.78, 5) is 11.9. The fraction of sp³-hybridized carbons (Fsp3) is 0.562. The number of ether oxygens (including phenoxy) is 2. The molecule has 0 radical (unpaired) electrons. The van der Waals surface area contributed by atoms with Crippen molar-refractivity contribution in [2.75, 3.05) is 13.7 Å². The van der Waals surface area contributed by atoms with Crippen LogP contribution in [0.15, 0.2) is 18.2 Å². The predicted molar refractivity (Wildman–Crippen MR) is 91.0 cm³/mol. The lowest BCUT2D eigenvalue weighted by molar-refractivity contribution is -0.123. The molecule has 0 spiro atoms. The molecule has 0 heterocycles. The summed E-state index contributed by atoms with van der Waals surface area (Å²) in [7, 11) is 1.38. The van der Waals surface area contributed by atoms with Crippen LogP contribution in [-0.2, 0) is 11.2 Å². The van der Waals surface area contributed by atoms with Gasteiger partial charge in [0.15, 0.2) is 11.5 Å². The van der Waals surface area contributed by atoms with Crippen molar-refractivity contribution in [2.45, 2.75) is 39.3 Å². The van der Waals surface area contributed by atoms with Gasteiger partial charge in [-0.25, -0.2) is 0 Å². The van der Waals surface area contributed by atoms with E-state index in [2.05, 4.69) is 10.1 Å². The molecule has 1 aromatic rings. The van der Waals surface area contributed by atoms with Crippen molar-refractivity contribution in [3.63, 3.8) is 0 Å². The number of rotatable bonds is 9. The van der Waals surface area contributed by atoms with Crippen molar-refractivity contribution in [1.82, 2.24) is 5.32 Å². The number of nitrogens with two attached hydrogens (primary N) is 1. The van der Waals surface area contributed by atoms with Crippen molar-refractivity contribution < 1.29 is 23.0 Å². The average molecular weight is 367 g/mol. The second-order valence-electron chi connectivity index (χ2n) is 5.32. The number of nitrogens with one attached hydrogen (secondary N) is 1. The first-order chi connectivity index (χ1) is 10.9. The van der Waals surface area contributed by atoms with E-state index in [-0.39, 0.29) is 35.7 Å². The number of benzene rings is 1. The largest absolute Gasteiger partial charge is 0.493 e. The zero-order valence-corrected chi connectivity index (χ0v) is 14.9. The molecule has 0 saturated carbocycles. The number of hydrogen-bond acceptors (Lipinski definition) is 4. The summed E-state index contributed by atoms with van der Waals surface area (Å²) < 4.78 is 34.1. The van der Waals surface area contributed by atoms with Gasteiger partial charge in [-0.05, 0) is 30.0 Å². The molecule has 0 aromatic heterocycles. The van der Waals surface area contributed by atoms with E-state index in [1.807, 2.05) is 13.8 Å². The first-order valence-electron chi connectivity index (χ1n) is 7.54. The lowest BCUT2D eigenvalue weighted by atomic mass is 9.99. The Morgan fingerprint density at radius 1 is 1.33 bits per heavy atom. The maximum absolute atomic E-state index is 12.4. The molecule has 3 N–H and O–H groups in total. The van der Waals surface area contributed by atoms with Gasteiger partial charge in [-0.15, -0.1) is 12.4 Å². The summed E-state index contributed by atoms with van der Waals surface area (Å²) >= 11 is 0. The molecule has 0 aliphatic carbocycles. The fourth-order valence-corrected chi connectivity index (χ4v) is 2.02. The van der Waals surface area contributed by atoms with Gasteiger partial charge in [0.05, 0.1) is 13.2 Å². The Kier molecular flexibility index (Phi) is 10.3. The second kappa shape index (κ2) is 11.0. The minimum Gasteiger partial charge on any atom is -0.493 e. The van der Waals surface area contributed by atoms with Crippen LogP contribution in [0.2, 0.25) is 0 Å². The molecule has 0 aliphatic heterocycles. The van der Waals surface area contributed by atoms with Crippen LogP contribution in [0.1, 0.15) is 25.8 Å². The standard InChI is InChI=1S/C16H24F2N2O3.ClH/c1-4-10(2)14(19)15(21)20-8-7-11-5-6-12(22-3)13(9-11)23-16(17)18;/h5-6,9-10,14,16H,4,7-8,19H2,1-3H3,(H,20,21);1H. The Bertz CT molecular complexity index is 518. The van der Waals surface area contributed by atoms with Crippen molar-refractivity contribution >= 4 is 18.3 Å². The van der Waals surface area contributed by atoms with Crippen LogP contribution in [0.25, 0.3) is 0 Å². The lowest BCUT2D eigenvalue weighted by Crippen LogP contribution is -2.45. The number of alkyl halides is 2. The Hall–Kier alpha value is -1.60. The zero-order valence-electron chi connectivity index (χ0n) is 14.1. The quantitative estimate of drug-likeness (QED) is 0.704. The third kappa shape index (κ3) is 6.88. The van der Waals surface area contributed by atoms with E-state index in [9.17, 15) is 13.6 Å². The first-order valence-corrected chi connectivity index (χ1v) is 7.54. The predicted octanol–water partition coefficient (Wildman–Crippen LogP) is 2.75. The molecule has 24 heavy (non-hydrogen) atoms. The lowest BCUT2D eigenvalue weighted by Gasteiger charge is -2.17. The molecular weight excluding hydrogens is 342 g/mol. The molecule has 8 heteroatoms. The van der Waals surface area contributed by atoms with Crippen LogP contribution in [-0.4, -0.2) is 32.2 Å². The van der Waals surface area contributed by atoms with Gasteiger partial charge in [-0.3, -0.25) is 4.79 Å². The number of carbonyl (C=O) groups excluding carboxylic acids is 1. The molecule has 0 saturated heterocycles. The first kappa shape index (κ1) is 22.4. The topological polar surface area (TPSA) is 73.6 Å². The highest BCUT2D eigenvalue weighted by Gasteiger charge is 2.18. The maximum Gasteiger partial charge on any atom is 0.387 e. The van der Waals surface area contributed by atoms with Gasteiger partial charge in [-0.1, -0.05) is 26.3 Å². The van der Waals surface area contributed by atoms with Gasteiger partial charge in [0, 0.05) is 6.54 Å². The number of carbonyl (C=O) groups is 1. The molecular formula is C16H25ClF2N2O3. The van der Waals surface area contributed by atoms with Crippen LogP contribution >= 0.6 is 12.4 Å². The molecule has 1 amide bonds. The molecule has 0 aliphatic rings. The van der Waals surface area contributed by atoms with E-state index in [0.29, 0.717) is 13.0 Å². The SMILES string of the molecule is CCC(C)C(N)C(=O)NCCc1ccc(OC)c(OC(F)F)c1.Cl. The normalized spacial score (nSPS) is 13.0. The number of hydrogen-bond donors (Lipinski definition) is 2. The van der Waals surface area contributed by atoms with Crippen LogP contribution in [0.5, 0.6) is 11.5 Å². The Morgan fingerprint density at radius 3 is 2.54 bits per heavy atom. The summed E-state index contributed by atoms with van der Waals surface area (Å²) in [6.07, 6.45) is 1.30. The third-order valence-electron chi connectivity index (χ3n) is 3.72. The van der Waals surface area contributed by atoms with Crippen molar-refractivity contribution in [1.29, 1.82) is 0 Å². The van der Waals surface area contributed by atoms with E-state index in [1.165, 1.54) is 13.2 Å². The zero-order chi connectivity index (χ0) is 17.4. The van der Waals surface area contributed by atoms with Crippen LogP contribution < -0.4 is 20.5 Å². The minimum absolute atomic E-state index is 0. The molecule has 0 fully saturated rings. The highest BCUT2D eigenvalue weighted by molar-refractivity contribution is 5.85. The molecule has 138 valence electrons. The second-order valence-corrected chi connectivity index (χ2v) is 5.32. The van der Waals surface area contributed by atoms with Crippen molar-refractivity contribution in [3.8, 4) is 11.5 Å². The molecule has 1 aromatic carbocycles. The Morgan fingerprint density at radius 2 is 2.00 bits per heavy atom. The van der Waals surface area contributed by atoms with Gasteiger partial charge in [0.2, 0.25) is 5.91 Å². The van der Waals surface area contributed by atoms with E-state index >= 15 is 0 Å². The van der Waals surface area contributed by atoms with E-state index in [4.69, 9.17) is 10.5 Å². The van der Waals surface area contributed by atoms with Gasteiger partial charge in [0.1, 0.15) is 0 Å². The molecule has 5 nitrogen and oxygen atoms in total. The third-order valence-corrected chi connectivity index (χ3v) is 3.72. The van der Waals surface area contributed by atoms with Crippen molar-refractivity contribution in [3.05, 3.63) is 23.8 Å². The Balaban J connectivity index is 0.00000529. The van der Waals surface area contributed by atoms with Crippen LogP contribution in [0.4, 0.5) is 8.78 Å². The van der Waals surface area contributed by atoms with Crippen molar-refractivity contribution in [2.24, 2.45) is 11.7 Å². The van der Waals surface area contributed by atoms with E-state index in [1.54, 1.807) is 12.1 Å². The highest BCUT2D eigenvalue weighted by atomic mass is 35.5. The summed E-state index contributed by atoms with van der Waals surface area (Å²) in [6, 6.07) is 4.22.